The highest BCUT2D eigenvalue weighted by atomic mass is 16.1. The number of nitrogens with one attached hydrogen (secondary N) is 2. The zero-order valence-corrected chi connectivity index (χ0v) is 11.4. The van der Waals surface area contributed by atoms with Crippen LogP contribution in [0.2, 0.25) is 0 Å². The van der Waals surface area contributed by atoms with E-state index in [0.717, 1.165) is 37.6 Å². The molecule has 1 fully saturated rings. The molecule has 18 heavy (non-hydrogen) atoms. The van der Waals surface area contributed by atoms with Crippen LogP contribution in [0.15, 0.2) is 12.1 Å². The molecule has 0 spiro atoms. The summed E-state index contributed by atoms with van der Waals surface area (Å²) in [6, 6.07) is 4.27. The van der Waals surface area contributed by atoms with Crippen LogP contribution < -0.4 is 15.5 Å². The molecule has 1 aliphatic rings. The smallest absolute Gasteiger partial charge is 0.206 e. The van der Waals surface area contributed by atoms with Gasteiger partial charge in [-0.05, 0) is 26.0 Å². The van der Waals surface area contributed by atoms with E-state index in [9.17, 15) is 0 Å². The second-order valence-electron chi connectivity index (χ2n) is 4.20. The number of rotatable bonds is 2. The van der Waals surface area contributed by atoms with Crippen LogP contribution in [-0.2, 0) is 4.79 Å². The fourth-order valence-corrected chi connectivity index (χ4v) is 1.92. The summed E-state index contributed by atoms with van der Waals surface area (Å²) in [7, 11) is 1.56. The van der Waals surface area contributed by atoms with Crippen molar-refractivity contribution >= 4 is 12.1 Å². The molecular formula is C13H22N4O. The highest BCUT2D eigenvalue weighted by molar-refractivity contribution is 5.51. The molecule has 0 unspecified atom stereocenters. The molecule has 100 valence electrons. The van der Waals surface area contributed by atoms with E-state index in [2.05, 4.69) is 39.6 Å². The number of aromatic nitrogens is 1. The third-order valence-corrected chi connectivity index (χ3v) is 2.77. The molecule has 1 aromatic rings. The van der Waals surface area contributed by atoms with Gasteiger partial charge in [-0.15, -0.1) is 0 Å². The lowest BCUT2D eigenvalue weighted by Crippen LogP contribution is -2.43. The fourth-order valence-electron chi connectivity index (χ4n) is 1.92. The lowest BCUT2D eigenvalue weighted by molar-refractivity contribution is -0.109. The number of nitrogens with zero attached hydrogens (tertiary/aromatic N) is 2. The van der Waals surface area contributed by atoms with Crippen molar-refractivity contribution in [3.05, 3.63) is 23.5 Å². The van der Waals surface area contributed by atoms with E-state index in [0.29, 0.717) is 6.41 Å². The molecular weight excluding hydrogens is 228 g/mol. The van der Waals surface area contributed by atoms with Gasteiger partial charge in [0.25, 0.3) is 0 Å². The lowest BCUT2D eigenvalue weighted by Gasteiger charge is -2.30. The van der Waals surface area contributed by atoms with E-state index in [1.54, 1.807) is 7.05 Å². The number of carbonyl (C=O) groups is 1. The van der Waals surface area contributed by atoms with Gasteiger partial charge < -0.3 is 15.5 Å². The number of anilines is 1. The molecule has 1 aliphatic heterocycles. The van der Waals surface area contributed by atoms with Gasteiger partial charge in [0.1, 0.15) is 0 Å². The van der Waals surface area contributed by atoms with E-state index in [1.165, 1.54) is 5.69 Å². The molecule has 2 heterocycles. The van der Waals surface area contributed by atoms with Crippen LogP contribution in [0.4, 0.5) is 5.69 Å². The highest BCUT2D eigenvalue weighted by Gasteiger charge is 2.12. The van der Waals surface area contributed by atoms with Gasteiger partial charge in [0, 0.05) is 38.9 Å². The Morgan fingerprint density at radius 3 is 2.44 bits per heavy atom. The summed E-state index contributed by atoms with van der Waals surface area (Å²) in [5, 5.41) is 5.60. The lowest BCUT2D eigenvalue weighted by atomic mass is 10.2. The monoisotopic (exact) mass is 250 g/mol. The summed E-state index contributed by atoms with van der Waals surface area (Å²) in [5.41, 5.74) is 3.53. The van der Waals surface area contributed by atoms with E-state index >= 15 is 0 Å². The van der Waals surface area contributed by atoms with Crippen LogP contribution in [-0.4, -0.2) is 44.6 Å². The first-order chi connectivity index (χ1) is 8.69. The van der Waals surface area contributed by atoms with Gasteiger partial charge >= 0.3 is 0 Å². The maximum Gasteiger partial charge on any atom is 0.206 e. The van der Waals surface area contributed by atoms with Crippen molar-refractivity contribution in [1.29, 1.82) is 0 Å². The molecule has 5 heteroatoms. The maximum absolute atomic E-state index is 9.06. The van der Waals surface area contributed by atoms with E-state index < -0.39 is 0 Å². The highest BCUT2D eigenvalue weighted by Crippen LogP contribution is 2.18. The molecule has 0 aromatic carbocycles. The van der Waals surface area contributed by atoms with Crippen molar-refractivity contribution < 1.29 is 4.79 Å². The van der Waals surface area contributed by atoms with Gasteiger partial charge in [0.05, 0.1) is 11.4 Å². The minimum Gasteiger partial charge on any atom is -0.368 e. The van der Waals surface area contributed by atoms with Crippen LogP contribution in [0, 0.1) is 13.8 Å². The molecule has 5 nitrogen and oxygen atoms in total. The Bertz CT molecular complexity index is 375. The minimum atomic E-state index is 0.625. The predicted molar refractivity (Wildman–Crippen MR) is 73.9 cm³/mol. The van der Waals surface area contributed by atoms with Crippen molar-refractivity contribution in [3.8, 4) is 0 Å². The van der Waals surface area contributed by atoms with Gasteiger partial charge in [-0.1, -0.05) is 0 Å². The Kier molecular flexibility index (Phi) is 6.14. The van der Waals surface area contributed by atoms with E-state index in [1.807, 2.05) is 6.92 Å². The summed E-state index contributed by atoms with van der Waals surface area (Å²) in [4.78, 5) is 16.0. The minimum absolute atomic E-state index is 0.625. The quantitative estimate of drug-likeness (QED) is 0.749. The number of piperazine rings is 1. The molecule has 0 saturated carbocycles. The molecule has 0 radical (unpaired) electrons. The van der Waals surface area contributed by atoms with Gasteiger partial charge in [-0.2, -0.15) is 0 Å². The number of amides is 1. The van der Waals surface area contributed by atoms with Crippen molar-refractivity contribution in [1.82, 2.24) is 15.6 Å². The third kappa shape index (κ3) is 4.33. The number of hydrogen-bond acceptors (Lipinski definition) is 4. The van der Waals surface area contributed by atoms with Gasteiger partial charge in [-0.25, -0.2) is 0 Å². The first-order valence-electron chi connectivity index (χ1n) is 6.20. The first kappa shape index (κ1) is 14.4. The molecule has 1 saturated heterocycles. The molecule has 2 N–H and O–H groups in total. The second kappa shape index (κ2) is 7.66. The summed E-state index contributed by atoms with van der Waals surface area (Å²) in [6.07, 6.45) is 0.625. The number of pyridine rings is 1. The van der Waals surface area contributed by atoms with Crippen LogP contribution in [0.3, 0.4) is 0 Å². The normalized spacial score (nSPS) is 14.5. The Balaban J connectivity index is 0.000000357. The van der Waals surface area contributed by atoms with Crippen molar-refractivity contribution in [2.75, 3.05) is 38.1 Å². The predicted octanol–water partition coefficient (Wildman–Crippen LogP) is 0.470. The number of hydrogen-bond donors (Lipinski definition) is 2. The van der Waals surface area contributed by atoms with E-state index in [4.69, 9.17) is 4.79 Å². The summed E-state index contributed by atoms with van der Waals surface area (Å²) >= 11 is 0. The average molecular weight is 250 g/mol. The van der Waals surface area contributed by atoms with E-state index in [-0.39, 0.29) is 0 Å². The van der Waals surface area contributed by atoms with Crippen molar-refractivity contribution in [2.24, 2.45) is 0 Å². The molecule has 0 aliphatic carbocycles. The van der Waals surface area contributed by atoms with Crippen LogP contribution in [0.1, 0.15) is 11.4 Å². The molecule has 1 amide bonds. The Labute approximate surface area is 109 Å². The van der Waals surface area contributed by atoms with Gasteiger partial charge in [0.15, 0.2) is 0 Å². The van der Waals surface area contributed by atoms with Crippen molar-refractivity contribution in [2.45, 2.75) is 13.8 Å². The fraction of sp³-hybridized carbons (Fsp3) is 0.538. The van der Waals surface area contributed by atoms with Crippen molar-refractivity contribution in [3.63, 3.8) is 0 Å². The van der Waals surface area contributed by atoms with Crippen LogP contribution in [0.25, 0.3) is 0 Å². The Morgan fingerprint density at radius 1 is 1.33 bits per heavy atom. The second-order valence-corrected chi connectivity index (χ2v) is 4.20. The summed E-state index contributed by atoms with van der Waals surface area (Å²) < 4.78 is 0. The molecule has 0 atom stereocenters. The number of carbonyl (C=O) groups excluding carboxylic acids is 1. The Hall–Kier alpha value is -1.62. The van der Waals surface area contributed by atoms with Crippen LogP contribution >= 0.6 is 0 Å². The molecule has 0 bridgehead atoms. The largest absolute Gasteiger partial charge is 0.368 e. The zero-order chi connectivity index (χ0) is 13.4. The zero-order valence-electron chi connectivity index (χ0n) is 11.4. The average Bonchev–Trinajstić information content (AvgIpc) is 2.40. The standard InChI is InChI=1S/C11H17N3.C2H5NO/c1-9-3-4-11(10(2)13-9)14-7-5-12-6-8-14;1-3-2-4/h3-4,12H,5-8H2,1-2H3;2H,1H3,(H,3,4). The molecule has 1 aromatic heterocycles. The van der Waals surface area contributed by atoms with Crippen LogP contribution in [0.5, 0.6) is 0 Å². The maximum atomic E-state index is 9.06. The Morgan fingerprint density at radius 2 is 1.94 bits per heavy atom. The first-order valence-corrected chi connectivity index (χ1v) is 6.20. The summed E-state index contributed by atoms with van der Waals surface area (Å²) in [6.45, 7) is 8.46. The van der Waals surface area contributed by atoms with Gasteiger partial charge in [-0.3, -0.25) is 9.78 Å². The van der Waals surface area contributed by atoms with Gasteiger partial charge in [0.2, 0.25) is 6.41 Å². The third-order valence-electron chi connectivity index (χ3n) is 2.77. The summed E-state index contributed by atoms with van der Waals surface area (Å²) in [5.74, 6) is 0. The SMILES string of the molecule is CNC=O.Cc1ccc(N2CCNCC2)c(C)n1. The number of aryl methyl sites for hydroxylation is 2. The topological polar surface area (TPSA) is 57.3 Å². The molecule has 2 rings (SSSR count).